The molecule has 0 aliphatic carbocycles. The molecule has 1 aliphatic heterocycles. The summed E-state index contributed by atoms with van der Waals surface area (Å²) in [6, 6.07) is 5.12. The molecule has 0 radical (unpaired) electrons. The van der Waals surface area contributed by atoms with Crippen LogP contribution in [-0.4, -0.2) is 30.3 Å². The molecule has 2 rings (SSSR count). The quantitative estimate of drug-likeness (QED) is 0.677. The molecule has 1 N–H and O–H groups in total. The van der Waals surface area contributed by atoms with E-state index < -0.39 is 0 Å². The second-order valence-corrected chi connectivity index (χ2v) is 6.23. The zero-order valence-corrected chi connectivity index (χ0v) is 13.2. The lowest BCUT2D eigenvalue weighted by Gasteiger charge is -2.21. The standard InChI is InChI=1S/C13H14Cl2N2O2S/c1-19-13(18)9-7-20-5-4-11(9)16-17-12-3-2-8(14)6-10(12)15/h2-3,6,9,17H,4-5,7H2,1H3/b16-11+. The van der Waals surface area contributed by atoms with Crippen LogP contribution in [0.2, 0.25) is 10.0 Å². The fraction of sp³-hybridized carbons (Fsp3) is 0.385. The van der Waals surface area contributed by atoms with Crippen LogP contribution >= 0.6 is 35.0 Å². The number of hydrogen-bond acceptors (Lipinski definition) is 5. The van der Waals surface area contributed by atoms with Gasteiger partial charge in [-0.15, -0.1) is 0 Å². The molecular formula is C13H14Cl2N2O2S. The number of methoxy groups -OCH3 is 1. The monoisotopic (exact) mass is 332 g/mol. The molecule has 4 nitrogen and oxygen atoms in total. The van der Waals surface area contributed by atoms with Gasteiger partial charge in [-0.2, -0.15) is 16.9 Å². The Balaban J connectivity index is 2.13. The molecule has 20 heavy (non-hydrogen) atoms. The second-order valence-electron chi connectivity index (χ2n) is 4.24. The molecule has 0 bridgehead atoms. The van der Waals surface area contributed by atoms with Gasteiger partial charge in [-0.25, -0.2) is 0 Å². The first-order valence-electron chi connectivity index (χ1n) is 6.05. The topological polar surface area (TPSA) is 50.7 Å². The first-order chi connectivity index (χ1) is 9.61. The highest BCUT2D eigenvalue weighted by Crippen LogP contribution is 2.26. The van der Waals surface area contributed by atoms with Crippen LogP contribution < -0.4 is 5.43 Å². The van der Waals surface area contributed by atoms with E-state index in [9.17, 15) is 4.79 Å². The van der Waals surface area contributed by atoms with Gasteiger partial charge in [-0.3, -0.25) is 10.2 Å². The number of benzene rings is 1. The number of carbonyl (C=O) groups excluding carboxylic acids is 1. The maximum absolute atomic E-state index is 11.7. The summed E-state index contributed by atoms with van der Waals surface area (Å²) in [5, 5.41) is 5.37. The number of nitrogens with one attached hydrogen (secondary N) is 1. The largest absolute Gasteiger partial charge is 0.468 e. The first kappa shape index (κ1) is 15.5. The molecule has 0 amide bonds. The average Bonchev–Trinajstić information content (AvgIpc) is 2.46. The number of halogens is 2. The van der Waals surface area contributed by atoms with Crippen molar-refractivity contribution in [2.75, 3.05) is 24.0 Å². The van der Waals surface area contributed by atoms with E-state index >= 15 is 0 Å². The Morgan fingerprint density at radius 3 is 3.00 bits per heavy atom. The van der Waals surface area contributed by atoms with E-state index in [0.29, 0.717) is 21.5 Å². The summed E-state index contributed by atoms with van der Waals surface area (Å²) >= 11 is 13.6. The molecular weight excluding hydrogens is 319 g/mol. The van der Waals surface area contributed by atoms with E-state index in [0.717, 1.165) is 17.9 Å². The highest BCUT2D eigenvalue weighted by Gasteiger charge is 2.28. The van der Waals surface area contributed by atoms with E-state index in [2.05, 4.69) is 10.5 Å². The first-order valence-corrected chi connectivity index (χ1v) is 7.96. The maximum Gasteiger partial charge on any atom is 0.315 e. The van der Waals surface area contributed by atoms with Crippen molar-refractivity contribution < 1.29 is 9.53 Å². The predicted molar refractivity (Wildman–Crippen MR) is 85.0 cm³/mol. The van der Waals surface area contributed by atoms with E-state index in [-0.39, 0.29) is 11.9 Å². The Morgan fingerprint density at radius 2 is 2.30 bits per heavy atom. The third-order valence-corrected chi connectivity index (χ3v) is 4.54. The summed E-state index contributed by atoms with van der Waals surface area (Å²) in [7, 11) is 1.39. The van der Waals surface area contributed by atoms with Crippen LogP contribution in [0.3, 0.4) is 0 Å². The summed E-state index contributed by atoms with van der Waals surface area (Å²) in [6.45, 7) is 0. The van der Waals surface area contributed by atoms with Crippen molar-refractivity contribution >= 4 is 52.3 Å². The molecule has 1 unspecified atom stereocenters. The van der Waals surface area contributed by atoms with Gasteiger partial charge in [0.15, 0.2) is 0 Å². The van der Waals surface area contributed by atoms with Crippen LogP contribution in [0, 0.1) is 5.92 Å². The van der Waals surface area contributed by atoms with E-state index in [1.165, 1.54) is 7.11 Å². The molecule has 1 fully saturated rings. The van der Waals surface area contributed by atoms with Gasteiger partial charge in [0.1, 0.15) is 5.92 Å². The van der Waals surface area contributed by atoms with Crippen molar-refractivity contribution in [2.45, 2.75) is 6.42 Å². The molecule has 0 spiro atoms. The molecule has 0 saturated carbocycles. The maximum atomic E-state index is 11.7. The van der Waals surface area contributed by atoms with Gasteiger partial charge < -0.3 is 4.74 Å². The molecule has 1 atom stereocenters. The van der Waals surface area contributed by atoms with Crippen LogP contribution in [0.1, 0.15) is 6.42 Å². The van der Waals surface area contributed by atoms with E-state index in [4.69, 9.17) is 27.9 Å². The predicted octanol–water partition coefficient (Wildman–Crippen LogP) is 3.69. The van der Waals surface area contributed by atoms with Crippen LogP contribution in [0.4, 0.5) is 5.69 Å². The van der Waals surface area contributed by atoms with Gasteiger partial charge in [-0.1, -0.05) is 23.2 Å². The highest BCUT2D eigenvalue weighted by molar-refractivity contribution is 7.99. The minimum atomic E-state index is -0.294. The fourth-order valence-corrected chi connectivity index (χ4v) is 3.38. The zero-order chi connectivity index (χ0) is 14.5. The van der Waals surface area contributed by atoms with Crippen molar-refractivity contribution in [3.63, 3.8) is 0 Å². The highest BCUT2D eigenvalue weighted by atomic mass is 35.5. The van der Waals surface area contributed by atoms with Gasteiger partial charge in [0.2, 0.25) is 0 Å². The lowest BCUT2D eigenvalue weighted by Crippen LogP contribution is -2.31. The molecule has 1 aromatic rings. The van der Waals surface area contributed by atoms with Crippen LogP contribution in [0.5, 0.6) is 0 Å². The molecule has 1 aliphatic rings. The number of carbonyl (C=O) groups is 1. The molecule has 7 heteroatoms. The SMILES string of the molecule is COC(=O)C1CSCC/C1=N\Nc1ccc(Cl)cc1Cl. The third kappa shape index (κ3) is 3.81. The van der Waals surface area contributed by atoms with Gasteiger partial charge in [-0.05, 0) is 30.4 Å². The average molecular weight is 333 g/mol. The zero-order valence-electron chi connectivity index (χ0n) is 10.9. The van der Waals surface area contributed by atoms with Gasteiger partial charge in [0.25, 0.3) is 0 Å². The number of hydrazone groups is 1. The van der Waals surface area contributed by atoms with Crippen molar-refractivity contribution in [3.05, 3.63) is 28.2 Å². The van der Waals surface area contributed by atoms with Gasteiger partial charge in [0, 0.05) is 10.8 Å². The molecule has 108 valence electrons. The second kappa shape index (κ2) is 7.20. The Bertz CT molecular complexity index is 537. The summed E-state index contributed by atoms with van der Waals surface area (Å²) in [6.07, 6.45) is 0.753. The lowest BCUT2D eigenvalue weighted by molar-refractivity contribution is -0.142. The Kier molecular flexibility index (Phi) is 5.57. The summed E-state index contributed by atoms with van der Waals surface area (Å²) in [5.74, 6) is 1.10. The Hall–Kier alpha value is -0.910. The summed E-state index contributed by atoms with van der Waals surface area (Å²) in [5.41, 5.74) is 4.35. The van der Waals surface area contributed by atoms with Crippen molar-refractivity contribution in [3.8, 4) is 0 Å². The number of hydrogen-bond donors (Lipinski definition) is 1. The minimum absolute atomic E-state index is 0.250. The van der Waals surface area contributed by atoms with E-state index in [1.54, 1.807) is 30.0 Å². The number of nitrogens with zero attached hydrogens (tertiary/aromatic N) is 1. The number of anilines is 1. The van der Waals surface area contributed by atoms with Crippen LogP contribution in [0.15, 0.2) is 23.3 Å². The molecule has 1 heterocycles. The van der Waals surface area contributed by atoms with Crippen molar-refractivity contribution in [2.24, 2.45) is 11.0 Å². The number of thioether (sulfide) groups is 1. The Morgan fingerprint density at radius 1 is 1.50 bits per heavy atom. The Labute approximate surface area is 131 Å². The van der Waals surface area contributed by atoms with Gasteiger partial charge >= 0.3 is 5.97 Å². The number of rotatable bonds is 3. The van der Waals surface area contributed by atoms with Crippen LogP contribution in [-0.2, 0) is 9.53 Å². The fourth-order valence-electron chi connectivity index (χ4n) is 1.84. The summed E-state index contributed by atoms with van der Waals surface area (Å²) < 4.78 is 4.81. The number of esters is 1. The number of ether oxygens (including phenoxy) is 1. The normalized spacial score (nSPS) is 20.8. The molecule has 1 aromatic carbocycles. The smallest absolute Gasteiger partial charge is 0.315 e. The third-order valence-electron chi connectivity index (χ3n) is 2.93. The van der Waals surface area contributed by atoms with E-state index in [1.807, 2.05) is 0 Å². The lowest BCUT2D eigenvalue weighted by atomic mass is 10.0. The van der Waals surface area contributed by atoms with Crippen LogP contribution in [0.25, 0.3) is 0 Å². The van der Waals surface area contributed by atoms with Crippen molar-refractivity contribution in [1.82, 2.24) is 0 Å². The van der Waals surface area contributed by atoms with Gasteiger partial charge in [0.05, 0.1) is 23.5 Å². The van der Waals surface area contributed by atoms with Crippen molar-refractivity contribution in [1.29, 1.82) is 0 Å². The minimum Gasteiger partial charge on any atom is -0.468 e. The molecule has 1 saturated heterocycles. The molecule has 0 aromatic heterocycles. The summed E-state index contributed by atoms with van der Waals surface area (Å²) in [4.78, 5) is 11.7.